The van der Waals surface area contributed by atoms with E-state index in [2.05, 4.69) is 17.6 Å². The Labute approximate surface area is 233 Å². The number of nitrogens with one attached hydrogen (secondary N) is 2. The van der Waals surface area contributed by atoms with Crippen LogP contribution in [0.3, 0.4) is 0 Å². The van der Waals surface area contributed by atoms with Crippen LogP contribution in [0, 0.1) is 5.92 Å². The van der Waals surface area contributed by atoms with Crippen LogP contribution in [-0.2, 0) is 22.7 Å². The number of likely N-dealkylation sites (tertiary alicyclic amines) is 1. The molecule has 4 amide bonds. The molecule has 0 aromatic heterocycles. The summed E-state index contributed by atoms with van der Waals surface area (Å²) in [5.74, 6) is 1.15. The highest BCUT2D eigenvalue weighted by molar-refractivity contribution is 6.06. The first-order chi connectivity index (χ1) is 18.9. The van der Waals surface area contributed by atoms with E-state index in [-0.39, 0.29) is 17.8 Å². The van der Waals surface area contributed by atoms with E-state index in [1.807, 2.05) is 29.2 Å². The number of unbranched alkanes of at least 4 members (excludes halogenated alkanes) is 1. The van der Waals surface area contributed by atoms with E-state index in [9.17, 15) is 14.4 Å². The van der Waals surface area contributed by atoms with Gasteiger partial charge in [-0.15, -0.1) is 0 Å². The number of carbonyl (C=O) groups excluding carboxylic acids is 3. The SMILES string of the molecule is CCCCC1(CC2CCCCC2)N=C(N)N(Cc2ccc(CNC(=O)NCCCN3CCCC3=O)cc2)C1=O. The van der Waals surface area contributed by atoms with Crippen LogP contribution in [0.2, 0.25) is 0 Å². The molecule has 1 aromatic rings. The van der Waals surface area contributed by atoms with Crippen LogP contribution in [0.1, 0.15) is 95.1 Å². The molecular weight excluding hydrogens is 492 g/mol. The summed E-state index contributed by atoms with van der Waals surface area (Å²) in [7, 11) is 0. The number of nitrogens with two attached hydrogens (primary N) is 1. The van der Waals surface area contributed by atoms with E-state index in [0.717, 1.165) is 56.2 Å². The van der Waals surface area contributed by atoms with Gasteiger partial charge in [-0.05, 0) is 42.7 Å². The molecule has 0 radical (unpaired) electrons. The van der Waals surface area contributed by atoms with E-state index >= 15 is 0 Å². The summed E-state index contributed by atoms with van der Waals surface area (Å²) in [4.78, 5) is 45.9. The van der Waals surface area contributed by atoms with Gasteiger partial charge in [-0.1, -0.05) is 76.1 Å². The Hall–Kier alpha value is -3.10. The van der Waals surface area contributed by atoms with Gasteiger partial charge < -0.3 is 21.3 Å². The molecule has 2 aliphatic heterocycles. The highest BCUT2D eigenvalue weighted by atomic mass is 16.2. The van der Waals surface area contributed by atoms with E-state index in [0.29, 0.717) is 44.5 Å². The predicted molar refractivity (Wildman–Crippen MR) is 153 cm³/mol. The van der Waals surface area contributed by atoms with Crippen molar-refractivity contribution in [3.8, 4) is 0 Å². The highest BCUT2D eigenvalue weighted by Gasteiger charge is 2.48. The van der Waals surface area contributed by atoms with Crippen molar-refractivity contribution < 1.29 is 14.4 Å². The summed E-state index contributed by atoms with van der Waals surface area (Å²) in [5, 5.41) is 5.73. The topological polar surface area (TPSA) is 120 Å². The Morgan fingerprint density at radius 2 is 1.79 bits per heavy atom. The van der Waals surface area contributed by atoms with Crippen molar-refractivity contribution in [2.75, 3.05) is 19.6 Å². The molecule has 2 heterocycles. The van der Waals surface area contributed by atoms with Crippen LogP contribution in [0.25, 0.3) is 0 Å². The third-order valence-corrected chi connectivity index (χ3v) is 8.42. The predicted octanol–water partition coefficient (Wildman–Crippen LogP) is 4.05. The van der Waals surface area contributed by atoms with Crippen LogP contribution in [0.15, 0.2) is 29.3 Å². The largest absolute Gasteiger partial charge is 0.369 e. The zero-order valence-corrected chi connectivity index (χ0v) is 23.6. The van der Waals surface area contributed by atoms with Gasteiger partial charge in [0.1, 0.15) is 5.54 Å². The molecule has 1 saturated carbocycles. The fourth-order valence-electron chi connectivity index (χ4n) is 6.17. The van der Waals surface area contributed by atoms with Gasteiger partial charge >= 0.3 is 6.03 Å². The maximum atomic E-state index is 13.7. The first kappa shape index (κ1) is 28.9. The first-order valence-electron chi connectivity index (χ1n) is 14.9. The fourth-order valence-corrected chi connectivity index (χ4v) is 6.17. The van der Waals surface area contributed by atoms with E-state index in [1.165, 1.54) is 32.1 Å². The summed E-state index contributed by atoms with van der Waals surface area (Å²) in [5.41, 5.74) is 7.60. The number of hydrogen-bond acceptors (Lipinski definition) is 5. The Balaban J connectivity index is 1.24. The van der Waals surface area contributed by atoms with Crippen LogP contribution in [0.5, 0.6) is 0 Å². The molecule has 4 N–H and O–H groups in total. The number of urea groups is 1. The van der Waals surface area contributed by atoms with Gasteiger partial charge in [-0.25, -0.2) is 9.79 Å². The van der Waals surface area contributed by atoms with Gasteiger partial charge in [0.25, 0.3) is 5.91 Å². The quantitative estimate of drug-likeness (QED) is 0.328. The van der Waals surface area contributed by atoms with Crippen molar-refractivity contribution in [2.24, 2.45) is 16.6 Å². The Bertz CT molecular complexity index is 1020. The molecule has 1 aliphatic carbocycles. The molecule has 1 unspecified atom stereocenters. The normalized spacial score (nSPS) is 21.9. The monoisotopic (exact) mass is 538 g/mol. The molecule has 9 heteroatoms. The minimum Gasteiger partial charge on any atom is -0.369 e. The van der Waals surface area contributed by atoms with Gasteiger partial charge in [-0.2, -0.15) is 0 Å². The van der Waals surface area contributed by atoms with Crippen molar-refractivity contribution in [3.63, 3.8) is 0 Å². The van der Waals surface area contributed by atoms with Gasteiger partial charge in [0.15, 0.2) is 5.96 Å². The lowest BCUT2D eigenvalue weighted by molar-refractivity contribution is -0.132. The average Bonchev–Trinajstić information content (AvgIpc) is 3.45. The number of rotatable bonds is 13. The smallest absolute Gasteiger partial charge is 0.315 e. The van der Waals surface area contributed by atoms with Crippen molar-refractivity contribution >= 4 is 23.8 Å². The summed E-state index contributed by atoms with van der Waals surface area (Å²) >= 11 is 0. The molecule has 3 aliphatic rings. The molecule has 39 heavy (non-hydrogen) atoms. The second kappa shape index (κ2) is 13.8. The van der Waals surface area contributed by atoms with Gasteiger partial charge in [-0.3, -0.25) is 14.5 Å². The molecule has 1 saturated heterocycles. The van der Waals surface area contributed by atoms with Crippen molar-refractivity contribution in [2.45, 2.75) is 103 Å². The molecule has 1 atom stereocenters. The number of hydrogen-bond donors (Lipinski definition) is 3. The molecule has 2 fully saturated rings. The van der Waals surface area contributed by atoms with Crippen molar-refractivity contribution in [3.05, 3.63) is 35.4 Å². The Morgan fingerprint density at radius 3 is 2.49 bits per heavy atom. The first-order valence-corrected chi connectivity index (χ1v) is 14.9. The molecule has 214 valence electrons. The highest BCUT2D eigenvalue weighted by Crippen LogP contribution is 2.39. The zero-order chi connectivity index (χ0) is 27.7. The van der Waals surface area contributed by atoms with Crippen LogP contribution < -0.4 is 16.4 Å². The van der Waals surface area contributed by atoms with Crippen molar-refractivity contribution in [1.82, 2.24) is 20.4 Å². The zero-order valence-electron chi connectivity index (χ0n) is 23.6. The molecule has 0 bridgehead atoms. The lowest BCUT2D eigenvalue weighted by atomic mass is 9.77. The van der Waals surface area contributed by atoms with E-state index < -0.39 is 5.54 Å². The van der Waals surface area contributed by atoms with Gasteiger partial charge in [0, 0.05) is 32.6 Å². The number of carbonyl (C=O) groups is 3. The third kappa shape index (κ3) is 7.73. The Morgan fingerprint density at radius 1 is 1.05 bits per heavy atom. The van der Waals surface area contributed by atoms with Crippen molar-refractivity contribution in [1.29, 1.82) is 0 Å². The standard InChI is InChI=1S/C30H46N6O3/c1-2-3-16-30(20-23-9-5-4-6-10-23)27(38)36(28(31)34-30)22-25-14-12-24(13-15-25)21-33-29(39)32-17-8-19-35-18-7-11-26(35)37/h12-15,23H,2-11,16-22H2,1H3,(H2,31,34)(H2,32,33,39). The van der Waals surface area contributed by atoms with Gasteiger partial charge in [0.2, 0.25) is 5.91 Å². The number of guanidine groups is 1. The lowest BCUT2D eigenvalue weighted by Gasteiger charge is -2.32. The van der Waals surface area contributed by atoms with E-state index in [4.69, 9.17) is 10.7 Å². The minimum atomic E-state index is -0.705. The number of amides is 4. The summed E-state index contributed by atoms with van der Waals surface area (Å²) in [6.07, 6.45) is 12.0. The van der Waals surface area contributed by atoms with Gasteiger partial charge in [0.05, 0.1) is 6.54 Å². The van der Waals surface area contributed by atoms with E-state index in [1.54, 1.807) is 4.90 Å². The molecule has 9 nitrogen and oxygen atoms in total. The Kier molecular flexibility index (Phi) is 10.2. The van der Waals surface area contributed by atoms with Crippen LogP contribution >= 0.6 is 0 Å². The summed E-state index contributed by atoms with van der Waals surface area (Å²) in [6, 6.07) is 7.68. The average molecular weight is 539 g/mol. The molecule has 0 spiro atoms. The number of benzene rings is 1. The third-order valence-electron chi connectivity index (χ3n) is 8.42. The molecular formula is C30H46N6O3. The second-order valence-corrected chi connectivity index (χ2v) is 11.5. The summed E-state index contributed by atoms with van der Waals surface area (Å²) in [6.45, 7) is 5.01. The molecule has 1 aromatic carbocycles. The molecule has 4 rings (SSSR count). The maximum Gasteiger partial charge on any atom is 0.315 e. The van der Waals surface area contributed by atoms with Crippen LogP contribution in [-0.4, -0.2) is 58.8 Å². The second-order valence-electron chi connectivity index (χ2n) is 11.5. The summed E-state index contributed by atoms with van der Waals surface area (Å²) < 4.78 is 0. The fraction of sp³-hybridized carbons (Fsp3) is 0.667. The number of nitrogens with zero attached hydrogens (tertiary/aromatic N) is 3. The maximum absolute atomic E-state index is 13.7. The number of aliphatic imine (C=N–C) groups is 1. The van der Waals surface area contributed by atoms with Crippen LogP contribution in [0.4, 0.5) is 4.79 Å². The minimum absolute atomic E-state index is 0.0514. The lowest BCUT2D eigenvalue weighted by Crippen LogP contribution is -2.45.